The molecule has 4 nitrogen and oxygen atoms in total. The molecule has 0 unspecified atom stereocenters. The largest absolute Gasteiger partial charge is 0.356 e. The smallest absolute Gasteiger partial charge is 0.191 e. The molecule has 1 aliphatic rings. The molecule has 0 radical (unpaired) electrons. The summed E-state index contributed by atoms with van der Waals surface area (Å²) in [6.45, 7) is 11.2. The van der Waals surface area contributed by atoms with Crippen LogP contribution in [0.1, 0.15) is 39.5 Å². The van der Waals surface area contributed by atoms with Crippen LogP contribution in [0.15, 0.2) is 4.99 Å². The van der Waals surface area contributed by atoms with E-state index in [1.807, 2.05) is 0 Å². The van der Waals surface area contributed by atoms with Crippen LogP contribution in [0.25, 0.3) is 0 Å². The van der Waals surface area contributed by atoms with Crippen molar-refractivity contribution in [3.05, 3.63) is 0 Å². The van der Waals surface area contributed by atoms with E-state index >= 15 is 0 Å². The molecule has 1 aliphatic heterocycles. The number of rotatable bonds is 8. The van der Waals surface area contributed by atoms with Crippen LogP contribution < -0.4 is 10.6 Å². The van der Waals surface area contributed by atoms with Crippen LogP contribution in [0.4, 0.5) is 0 Å². The minimum atomic E-state index is 0.965. The number of hydrogen-bond donors (Lipinski definition) is 2. The topological polar surface area (TPSA) is 39.7 Å². The lowest BCUT2D eigenvalue weighted by Gasteiger charge is -2.21. The van der Waals surface area contributed by atoms with E-state index in [0.717, 1.165) is 32.0 Å². The Morgan fingerprint density at radius 3 is 2.59 bits per heavy atom. The molecule has 0 spiro atoms. The van der Waals surface area contributed by atoms with Gasteiger partial charge in [-0.1, -0.05) is 13.8 Å². The van der Waals surface area contributed by atoms with Crippen molar-refractivity contribution in [2.45, 2.75) is 39.5 Å². The van der Waals surface area contributed by atoms with E-state index in [-0.39, 0.29) is 0 Å². The van der Waals surface area contributed by atoms with Gasteiger partial charge in [-0.2, -0.15) is 0 Å². The van der Waals surface area contributed by atoms with Crippen LogP contribution in [0, 0.1) is 0 Å². The summed E-state index contributed by atoms with van der Waals surface area (Å²) in [5.74, 6) is 0.994. The summed E-state index contributed by atoms with van der Waals surface area (Å²) in [4.78, 5) is 6.95. The van der Waals surface area contributed by atoms with Crippen LogP contribution in [-0.4, -0.2) is 50.1 Å². The molecule has 0 aliphatic carbocycles. The summed E-state index contributed by atoms with van der Waals surface area (Å²) in [7, 11) is 0. The average molecular weight is 240 g/mol. The maximum atomic E-state index is 4.40. The van der Waals surface area contributed by atoms with Gasteiger partial charge in [0.05, 0.1) is 0 Å². The van der Waals surface area contributed by atoms with Gasteiger partial charge in [0.2, 0.25) is 0 Å². The van der Waals surface area contributed by atoms with Crippen LogP contribution in [0.5, 0.6) is 0 Å². The Morgan fingerprint density at radius 1 is 1.24 bits per heavy atom. The maximum Gasteiger partial charge on any atom is 0.191 e. The maximum absolute atomic E-state index is 4.40. The zero-order valence-electron chi connectivity index (χ0n) is 11.5. The minimum Gasteiger partial charge on any atom is -0.356 e. The molecule has 100 valence electrons. The van der Waals surface area contributed by atoms with Crippen LogP contribution in [-0.2, 0) is 0 Å². The molecule has 4 heteroatoms. The molecule has 1 rings (SSSR count). The van der Waals surface area contributed by atoms with Gasteiger partial charge in [-0.15, -0.1) is 0 Å². The molecular weight excluding hydrogens is 212 g/mol. The third-order valence-electron chi connectivity index (χ3n) is 2.92. The quantitative estimate of drug-likeness (QED) is 0.631. The van der Waals surface area contributed by atoms with Gasteiger partial charge in [0.1, 0.15) is 0 Å². The molecule has 0 aromatic carbocycles. The molecule has 1 heterocycles. The van der Waals surface area contributed by atoms with E-state index in [2.05, 4.69) is 34.4 Å². The highest BCUT2D eigenvalue weighted by Crippen LogP contribution is 1.96. The molecule has 0 amide bonds. The summed E-state index contributed by atoms with van der Waals surface area (Å²) in [5.41, 5.74) is 0. The van der Waals surface area contributed by atoms with E-state index in [1.165, 1.54) is 38.9 Å². The Bertz CT molecular complexity index is 209. The summed E-state index contributed by atoms with van der Waals surface area (Å²) < 4.78 is 0. The first-order chi connectivity index (χ1) is 8.36. The number of nitrogens with one attached hydrogen (secondary N) is 2. The molecule has 0 atom stereocenters. The van der Waals surface area contributed by atoms with Crippen molar-refractivity contribution in [3.63, 3.8) is 0 Å². The fourth-order valence-corrected chi connectivity index (χ4v) is 2.13. The highest BCUT2D eigenvalue weighted by atomic mass is 15.2. The van der Waals surface area contributed by atoms with Crippen molar-refractivity contribution in [3.8, 4) is 0 Å². The molecular formula is C13H28N4. The van der Waals surface area contributed by atoms with Crippen molar-refractivity contribution in [1.29, 1.82) is 0 Å². The number of hydrogen-bond acceptors (Lipinski definition) is 4. The zero-order chi connectivity index (χ0) is 12.3. The average Bonchev–Trinajstić information content (AvgIpc) is 2.36. The zero-order valence-corrected chi connectivity index (χ0v) is 11.5. The molecule has 0 aromatic rings. The second-order valence-electron chi connectivity index (χ2n) is 4.63. The van der Waals surface area contributed by atoms with Gasteiger partial charge in [-0.05, 0) is 45.3 Å². The molecule has 0 saturated carbocycles. The fraction of sp³-hybridized carbons (Fsp3) is 0.923. The lowest BCUT2D eigenvalue weighted by atomic mass is 10.3. The van der Waals surface area contributed by atoms with Gasteiger partial charge in [0.15, 0.2) is 5.96 Å². The van der Waals surface area contributed by atoms with Gasteiger partial charge < -0.3 is 15.5 Å². The first-order valence-electron chi connectivity index (χ1n) is 7.11. The fourth-order valence-electron chi connectivity index (χ4n) is 2.13. The van der Waals surface area contributed by atoms with E-state index in [0.29, 0.717) is 0 Å². The van der Waals surface area contributed by atoms with Gasteiger partial charge in [0.25, 0.3) is 0 Å². The van der Waals surface area contributed by atoms with E-state index < -0.39 is 0 Å². The van der Waals surface area contributed by atoms with Crippen molar-refractivity contribution >= 4 is 5.96 Å². The van der Waals surface area contributed by atoms with Crippen molar-refractivity contribution < 1.29 is 0 Å². The molecule has 2 N–H and O–H groups in total. The summed E-state index contributed by atoms with van der Waals surface area (Å²) in [6, 6.07) is 0. The molecule has 0 saturated heterocycles. The Balaban J connectivity index is 2.06. The summed E-state index contributed by atoms with van der Waals surface area (Å²) >= 11 is 0. The highest BCUT2D eigenvalue weighted by Gasteiger charge is 2.04. The lowest BCUT2D eigenvalue weighted by molar-refractivity contribution is 0.271. The Labute approximate surface area is 106 Å². The second kappa shape index (κ2) is 9.28. The van der Waals surface area contributed by atoms with Gasteiger partial charge in [-0.25, -0.2) is 0 Å². The van der Waals surface area contributed by atoms with E-state index in [1.54, 1.807) is 0 Å². The first-order valence-corrected chi connectivity index (χ1v) is 7.11. The standard InChI is InChI=1S/C13H28N4/c1-3-10-17(11-4-2)12-6-9-16-13-14-7-5-8-15-13/h3-12H2,1-2H3,(H2,14,15,16). The number of nitrogens with zero attached hydrogens (tertiary/aromatic N) is 2. The third kappa shape index (κ3) is 6.51. The SMILES string of the molecule is CCCN(CCC)CCCNC1=NCCCN1. The van der Waals surface area contributed by atoms with Crippen molar-refractivity contribution in [2.24, 2.45) is 4.99 Å². The van der Waals surface area contributed by atoms with Gasteiger partial charge >= 0.3 is 0 Å². The predicted octanol–water partition coefficient (Wildman–Crippen LogP) is 1.44. The van der Waals surface area contributed by atoms with Crippen LogP contribution >= 0.6 is 0 Å². The lowest BCUT2D eigenvalue weighted by Crippen LogP contribution is -2.41. The van der Waals surface area contributed by atoms with E-state index in [9.17, 15) is 0 Å². The van der Waals surface area contributed by atoms with Crippen molar-refractivity contribution in [1.82, 2.24) is 15.5 Å². The van der Waals surface area contributed by atoms with E-state index in [4.69, 9.17) is 0 Å². The second-order valence-corrected chi connectivity index (χ2v) is 4.63. The number of guanidine groups is 1. The summed E-state index contributed by atoms with van der Waals surface area (Å²) in [5, 5.41) is 6.66. The number of aliphatic imine (C=N–C) groups is 1. The molecule has 0 bridgehead atoms. The highest BCUT2D eigenvalue weighted by molar-refractivity contribution is 5.80. The Morgan fingerprint density at radius 2 is 2.00 bits per heavy atom. The monoisotopic (exact) mass is 240 g/mol. The Kier molecular flexibility index (Phi) is 7.80. The van der Waals surface area contributed by atoms with Crippen LogP contribution in [0.2, 0.25) is 0 Å². The predicted molar refractivity (Wildman–Crippen MR) is 74.6 cm³/mol. The van der Waals surface area contributed by atoms with Gasteiger partial charge in [-0.3, -0.25) is 4.99 Å². The third-order valence-corrected chi connectivity index (χ3v) is 2.92. The van der Waals surface area contributed by atoms with Crippen molar-refractivity contribution in [2.75, 3.05) is 39.3 Å². The molecule has 0 fully saturated rings. The van der Waals surface area contributed by atoms with Gasteiger partial charge in [0, 0.05) is 19.6 Å². The van der Waals surface area contributed by atoms with Crippen LogP contribution in [0.3, 0.4) is 0 Å². The Hall–Kier alpha value is -0.770. The normalized spacial score (nSPS) is 15.6. The minimum absolute atomic E-state index is 0.965. The summed E-state index contributed by atoms with van der Waals surface area (Å²) in [6.07, 6.45) is 4.86. The molecule has 17 heavy (non-hydrogen) atoms. The first kappa shape index (κ1) is 14.3. The molecule has 0 aromatic heterocycles.